The molecule has 18 heavy (non-hydrogen) atoms. The summed E-state index contributed by atoms with van der Waals surface area (Å²) in [7, 11) is 0. The summed E-state index contributed by atoms with van der Waals surface area (Å²) in [5, 5.41) is 10.8. The van der Waals surface area contributed by atoms with E-state index in [2.05, 4.69) is 0 Å². The molecular weight excluding hydrogens is 237 g/mol. The molecule has 3 aliphatic heterocycles. The third-order valence-electron chi connectivity index (χ3n) is 3.44. The van der Waals surface area contributed by atoms with Gasteiger partial charge in [0.05, 0.1) is 4.92 Å². The molecule has 4 rings (SSSR count). The molecule has 1 aromatic carbocycles. The van der Waals surface area contributed by atoms with Gasteiger partial charge in [0.15, 0.2) is 0 Å². The van der Waals surface area contributed by atoms with Crippen molar-refractivity contribution in [3.8, 4) is 0 Å². The van der Waals surface area contributed by atoms with Crippen molar-refractivity contribution in [3.63, 3.8) is 0 Å². The lowest BCUT2D eigenvalue weighted by Gasteiger charge is -2.58. The van der Waals surface area contributed by atoms with Crippen molar-refractivity contribution < 1.29 is 18.9 Å². The summed E-state index contributed by atoms with van der Waals surface area (Å²) < 4.78 is 17.1. The Labute approximate surface area is 104 Å². The molecule has 1 aromatic rings. The summed E-state index contributed by atoms with van der Waals surface area (Å²) in [6, 6.07) is 6.24. The van der Waals surface area contributed by atoms with Gasteiger partial charge in [0.2, 0.25) is 0 Å². The minimum absolute atomic E-state index is 0.0125. The maximum atomic E-state index is 10.8. The number of fused-ring (bicyclic) bond motifs is 3. The predicted molar refractivity (Wildman–Crippen MR) is 64.4 cm³/mol. The average molecular weight is 250 g/mol. The Balaban J connectivity index is 1.95. The first-order valence-corrected chi connectivity index (χ1v) is 5.83. The Morgan fingerprint density at radius 3 is 2.44 bits per heavy atom. The van der Waals surface area contributed by atoms with Crippen LogP contribution in [-0.4, -0.2) is 31.5 Å². The van der Waals surface area contributed by atoms with Crippen LogP contribution in [-0.2, 0) is 14.0 Å². The maximum absolute atomic E-state index is 10.8. The Morgan fingerprint density at radius 1 is 1.28 bits per heavy atom. The van der Waals surface area contributed by atoms with E-state index in [0.29, 0.717) is 25.3 Å². The second-order valence-electron chi connectivity index (χ2n) is 5.24. The summed E-state index contributed by atoms with van der Waals surface area (Å²) in [6.07, 6.45) is 0. The Bertz CT molecular complexity index is 481. The van der Waals surface area contributed by atoms with E-state index in [0.717, 1.165) is 0 Å². The zero-order chi connectivity index (χ0) is 12.8. The van der Waals surface area contributed by atoms with Gasteiger partial charge in [0, 0.05) is 31.3 Å². The third kappa shape index (κ3) is 1.71. The van der Waals surface area contributed by atoms with Crippen LogP contribution in [0.3, 0.4) is 0 Å². The summed E-state index contributed by atoms with van der Waals surface area (Å²) in [4.78, 5) is 10.3. The molecule has 0 spiro atoms. The molecule has 0 atom stereocenters. The lowest BCUT2D eigenvalue weighted by atomic mass is 9.64. The number of hydrogen-bond acceptors (Lipinski definition) is 5. The van der Waals surface area contributed by atoms with Crippen molar-refractivity contribution >= 4 is 17.9 Å². The van der Waals surface area contributed by atoms with Crippen LogP contribution in [0.2, 0.25) is 0 Å². The number of non-ortho nitro benzene ring substituents is 1. The molecule has 2 bridgehead atoms. The van der Waals surface area contributed by atoms with Crippen molar-refractivity contribution in [2.45, 2.75) is 6.92 Å². The SMILES string of the molecule is CC12CO[B-](c3cccc([N+](=O)[O-])c3)(OC1)OC2. The lowest BCUT2D eigenvalue weighted by molar-refractivity contribution is -0.384. The number of hydrogen-bond donors (Lipinski definition) is 0. The molecule has 7 heteroatoms. The van der Waals surface area contributed by atoms with Crippen LogP contribution in [0.5, 0.6) is 0 Å². The minimum Gasteiger partial charge on any atom is -0.540 e. The molecule has 0 radical (unpaired) electrons. The summed E-state index contributed by atoms with van der Waals surface area (Å²) >= 11 is 0. The van der Waals surface area contributed by atoms with E-state index in [1.165, 1.54) is 12.1 Å². The van der Waals surface area contributed by atoms with Gasteiger partial charge in [-0.2, -0.15) is 0 Å². The zero-order valence-electron chi connectivity index (χ0n) is 10.00. The van der Waals surface area contributed by atoms with E-state index in [1.807, 2.05) is 6.92 Å². The van der Waals surface area contributed by atoms with E-state index >= 15 is 0 Å². The molecule has 0 aliphatic carbocycles. The first-order valence-electron chi connectivity index (χ1n) is 5.83. The van der Waals surface area contributed by atoms with Crippen molar-refractivity contribution in [1.29, 1.82) is 0 Å². The third-order valence-corrected chi connectivity index (χ3v) is 3.44. The highest BCUT2D eigenvalue weighted by molar-refractivity contribution is 6.75. The number of rotatable bonds is 2. The van der Waals surface area contributed by atoms with Crippen LogP contribution < -0.4 is 5.46 Å². The molecule has 0 unspecified atom stereocenters. The van der Waals surface area contributed by atoms with Crippen molar-refractivity contribution in [2.24, 2.45) is 5.41 Å². The molecule has 3 heterocycles. The normalized spacial score (nSPS) is 34.5. The van der Waals surface area contributed by atoms with Gasteiger partial charge < -0.3 is 14.0 Å². The van der Waals surface area contributed by atoms with Crippen molar-refractivity contribution in [3.05, 3.63) is 34.4 Å². The average Bonchev–Trinajstić information content (AvgIpc) is 2.40. The zero-order valence-corrected chi connectivity index (χ0v) is 10.00. The number of nitro groups is 1. The first kappa shape index (κ1) is 11.6. The van der Waals surface area contributed by atoms with Crippen LogP contribution in [0.4, 0.5) is 5.69 Å². The van der Waals surface area contributed by atoms with Crippen LogP contribution in [0.15, 0.2) is 24.3 Å². The standard InChI is InChI=1S/C11H13BNO5/c1-11-6-16-12(17-7-11,18-8-11)9-3-2-4-10(5-9)13(14)15/h2-5H,6-8H2,1H3/q-1. The van der Waals surface area contributed by atoms with Crippen LogP contribution >= 0.6 is 0 Å². The van der Waals surface area contributed by atoms with E-state index in [-0.39, 0.29) is 11.1 Å². The molecule has 0 saturated carbocycles. The Hall–Kier alpha value is -1.44. The van der Waals surface area contributed by atoms with Crippen molar-refractivity contribution in [1.82, 2.24) is 0 Å². The topological polar surface area (TPSA) is 70.8 Å². The summed E-state index contributed by atoms with van der Waals surface area (Å²) in [6.45, 7) is 1.68. The van der Waals surface area contributed by atoms with Crippen LogP contribution in [0, 0.1) is 15.5 Å². The Morgan fingerprint density at radius 2 is 1.89 bits per heavy atom. The molecule has 3 aliphatic rings. The highest BCUT2D eigenvalue weighted by Gasteiger charge is 2.47. The van der Waals surface area contributed by atoms with Gasteiger partial charge in [-0.15, -0.1) is 5.46 Å². The highest BCUT2D eigenvalue weighted by Crippen LogP contribution is 2.35. The molecule has 0 amide bonds. The van der Waals surface area contributed by atoms with E-state index in [4.69, 9.17) is 14.0 Å². The van der Waals surface area contributed by atoms with Gasteiger partial charge in [0.1, 0.15) is 0 Å². The van der Waals surface area contributed by atoms with E-state index < -0.39 is 11.7 Å². The summed E-state index contributed by atoms with van der Waals surface area (Å²) in [5.74, 6) is 0. The molecule has 0 N–H and O–H groups in total. The first-order chi connectivity index (χ1) is 8.53. The van der Waals surface area contributed by atoms with Gasteiger partial charge in [-0.1, -0.05) is 19.1 Å². The van der Waals surface area contributed by atoms with Gasteiger partial charge in [-0.25, -0.2) is 0 Å². The smallest absolute Gasteiger partial charge is 0.409 e. The second-order valence-corrected chi connectivity index (χ2v) is 5.24. The monoisotopic (exact) mass is 250 g/mol. The molecule has 3 saturated heterocycles. The minimum atomic E-state index is -2.00. The number of nitrogens with zero attached hydrogens (tertiary/aromatic N) is 1. The Kier molecular flexibility index (Phi) is 2.44. The molecule has 0 aromatic heterocycles. The fourth-order valence-electron chi connectivity index (χ4n) is 2.35. The highest BCUT2D eigenvalue weighted by atomic mass is 16.8. The van der Waals surface area contributed by atoms with E-state index in [9.17, 15) is 10.1 Å². The quantitative estimate of drug-likeness (QED) is 0.441. The molecule has 96 valence electrons. The lowest BCUT2D eigenvalue weighted by Crippen LogP contribution is -2.68. The summed E-state index contributed by atoms with van der Waals surface area (Å²) in [5.41, 5.74) is 0.494. The van der Waals surface area contributed by atoms with Crippen LogP contribution in [0.1, 0.15) is 6.92 Å². The number of nitro benzene ring substituents is 1. The fraction of sp³-hybridized carbons (Fsp3) is 0.455. The predicted octanol–water partition coefficient (Wildman–Crippen LogP) is 0.824. The van der Waals surface area contributed by atoms with Crippen LogP contribution in [0.25, 0.3) is 0 Å². The van der Waals surface area contributed by atoms with E-state index in [1.54, 1.807) is 12.1 Å². The van der Waals surface area contributed by atoms with Gasteiger partial charge in [-0.3, -0.25) is 10.1 Å². The number of benzene rings is 1. The molecular formula is C11H13BNO5-. The molecule has 3 fully saturated rings. The van der Waals surface area contributed by atoms with Crippen molar-refractivity contribution in [2.75, 3.05) is 19.8 Å². The maximum Gasteiger partial charge on any atom is 0.409 e. The fourth-order valence-corrected chi connectivity index (χ4v) is 2.35. The second kappa shape index (κ2) is 3.78. The van der Waals surface area contributed by atoms with Gasteiger partial charge in [0.25, 0.3) is 5.69 Å². The largest absolute Gasteiger partial charge is 0.540 e. The van der Waals surface area contributed by atoms with Gasteiger partial charge in [-0.05, 0) is 6.07 Å². The van der Waals surface area contributed by atoms with Gasteiger partial charge >= 0.3 is 6.75 Å². The molecule has 6 nitrogen and oxygen atoms in total.